The number of hydrogen-bond donors (Lipinski definition) is 1. The van der Waals surface area contributed by atoms with Crippen molar-refractivity contribution in [2.45, 2.75) is 32.6 Å². The SMILES string of the molecule is CC(C)(C)c1ccccc1O.[C-]1=CC=CC1.[I-].[I-].[Ti+3]. The van der Waals surface area contributed by atoms with Crippen molar-refractivity contribution in [2.75, 3.05) is 0 Å². The molecule has 1 radical (unpaired) electrons. The number of phenols is 1. The van der Waals surface area contributed by atoms with Crippen molar-refractivity contribution in [3.05, 3.63) is 54.1 Å². The van der Waals surface area contributed by atoms with E-state index < -0.39 is 0 Å². The number of halogens is 2. The molecular formula is C15H19I2OTi. The zero-order valence-electron chi connectivity index (χ0n) is 11.5. The Labute approximate surface area is 165 Å². The second-order valence-electron chi connectivity index (χ2n) is 4.77. The van der Waals surface area contributed by atoms with E-state index in [4.69, 9.17) is 0 Å². The summed E-state index contributed by atoms with van der Waals surface area (Å²) in [7, 11) is 0. The molecule has 0 aliphatic heterocycles. The summed E-state index contributed by atoms with van der Waals surface area (Å²) < 4.78 is 0. The minimum Gasteiger partial charge on any atom is -1.00 e. The Morgan fingerprint density at radius 2 is 1.68 bits per heavy atom. The van der Waals surface area contributed by atoms with Crippen LogP contribution in [0, 0.1) is 6.08 Å². The van der Waals surface area contributed by atoms with Crippen LogP contribution in [0.1, 0.15) is 32.8 Å². The summed E-state index contributed by atoms with van der Waals surface area (Å²) in [5, 5.41) is 9.45. The minimum atomic E-state index is 0. The summed E-state index contributed by atoms with van der Waals surface area (Å²) in [5.74, 6) is 0.389. The molecule has 0 fully saturated rings. The van der Waals surface area contributed by atoms with Crippen LogP contribution in [0.2, 0.25) is 0 Å². The molecule has 0 spiro atoms. The maximum absolute atomic E-state index is 9.45. The van der Waals surface area contributed by atoms with E-state index in [-0.39, 0.29) is 75.1 Å². The van der Waals surface area contributed by atoms with Crippen LogP contribution in [0.15, 0.2) is 42.5 Å². The van der Waals surface area contributed by atoms with Gasteiger partial charge in [-0.25, -0.2) is 12.2 Å². The Bertz CT molecular complexity index is 385. The van der Waals surface area contributed by atoms with Crippen LogP contribution in [0.3, 0.4) is 0 Å². The zero-order valence-corrected chi connectivity index (χ0v) is 17.3. The van der Waals surface area contributed by atoms with Crippen molar-refractivity contribution < 1.29 is 74.8 Å². The topological polar surface area (TPSA) is 20.2 Å². The Balaban J connectivity index is -0.000000277. The number of phenolic OH excluding ortho intramolecular Hbond substituents is 1. The van der Waals surface area contributed by atoms with Crippen LogP contribution in [0.25, 0.3) is 0 Å². The molecule has 0 saturated carbocycles. The molecule has 0 atom stereocenters. The Morgan fingerprint density at radius 3 is 1.95 bits per heavy atom. The predicted molar refractivity (Wildman–Crippen MR) is 68.4 cm³/mol. The first kappa shape index (κ1) is 24.7. The summed E-state index contributed by atoms with van der Waals surface area (Å²) in [6.45, 7) is 6.26. The van der Waals surface area contributed by atoms with Gasteiger partial charge in [-0.1, -0.05) is 39.0 Å². The fourth-order valence-electron chi connectivity index (χ4n) is 1.45. The number of para-hydroxylation sites is 1. The molecule has 0 amide bonds. The molecule has 2 rings (SSSR count). The average molecular weight is 517 g/mol. The van der Waals surface area contributed by atoms with Crippen LogP contribution in [0.4, 0.5) is 0 Å². The number of benzene rings is 1. The molecule has 1 N–H and O–H groups in total. The van der Waals surface area contributed by atoms with Gasteiger partial charge in [-0.2, -0.15) is 6.08 Å². The largest absolute Gasteiger partial charge is 3.00 e. The van der Waals surface area contributed by atoms with E-state index in [0.717, 1.165) is 12.0 Å². The van der Waals surface area contributed by atoms with E-state index in [1.807, 2.05) is 30.4 Å². The van der Waals surface area contributed by atoms with Gasteiger partial charge in [-0.15, -0.1) is 6.42 Å². The quantitative estimate of drug-likeness (QED) is 0.240. The molecule has 0 heterocycles. The van der Waals surface area contributed by atoms with Crippen LogP contribution in [0.5, 0.6) is 5.75 Å². The van der Waals surface area contributed by atoms with Crippen molar-refractivity contribution >= 4 is 0 Å². The van der Waals surface area contributed by atoms with E-state index in [0.29, 0.717) is 5.75 Å². The monoisotopic (exact) mass is 517 g/mol. The molecule has 0 saturated heterocycles. The van der Waals surface area contributed by atoms with Gasteiger partial charge in [0.05, 0.1) is 0 Å². The molecule has 1 aliphatic carbocycles. The first-order chi connectivity index (χ1) is 7.52. The van der Waals surface area contributed by atoms with Gasteiger partial charge in [0.1, 0.15) is 5.75 Å². The van der Waals surface area contributed by atoms with E-state index in [2.05, 4.69) is 32.9 Å². The van der Waals surface area contributed by atoms with Gasteiger partial charge in [0.25, 0.3) is 0 Å². The smallest absolute Gasteiger partial charge is 1.00 e. The third-order valence-corrected chi connectivity index (χ3v) is 2.30. The van der Waals surface area contributed by atoms with Gasteiger partial charge in [-0.05, 0) is 17.0 Å². The molecule has 19 heavy (non-hydrogen) atoms. The summed E-state index contributed by atoms with van der Waals surface area (Å²) in [5.41, 5.74) is 1.03. The van der Waals surface area contributed by atoms with E-state index in [1.165, 1.54) is 0 Å². The molecular weight excluding hydrogens is 498 g/mol. The van der Waals surface area contributed by atoms with Gasteiger partial charge < -0.3 is 53.1 Å². The van der Waals surface area contributed by atoms with Gasteiger partial charge in [0.2, 0.25) is 0 Å². The van der Waals surface area contributed by atoms with Gasteiger partial charge in [0.15, 0.2) is 0 Å². The Hall–Kier alpha value is 0.674. The Morgan fingerprint density at radius 1 is 1.11 bits per heavy atom. The summed E-state index contributed by atoms with van der Waals surface area (Å²) in [4.78, 5) is 0. The van der Waals surface area contributed by atoms with Crippen molar-refractivity contribution in [2.24, 2.45) is 0 Å². The molecule has 1 nitrogen and oxygen atoms in total. The average Bonchev–Trinajstić information content (AvgIpc) is 2.74. The number of allylic oxidation sites excluding steroid dienone is 4. The molecule has 103 valence electrons. The van der Waals surface area contributed by atoms with Crippen molar-refractivity contribution in [3.8, 4) is 5.75 Å². The first-order valence-corrected chi connectivity index (χ1v) is 5.52. The van der Waals surface area contributed by atoms with Crippen LogP contribution in [-0.4, -0.2) is 5.11 Å². The van der Waals surface area contributed by atoms with Gasteiger partial charge >= 0.3 is 21.7 Å². The fraction of sp³-hybridized carbons (Fsp3) is 0.333. The number of aromatic hydroxyl groups is 1. The van der Waals surface area contributed by atoms with Crippen LogP contribution in [-0.2, 0) is 27.1 Å². The maximum atomic E-state index is 9.45. The molecule has 1 aromatic carbocycles. The summed E-state index contributed by atoms with van der Waals surface area (Å²) in [6, 6.07) is 7.46. The minimum absolute atomic E-state index is 0. The van der Waals surface area contributed by atoms with Gasteiger partial charge in [-0.3, -0.25) is 6.08 Å². The second-order valence-corrected chi connectivity index (χ2v) is 4.77. The summed E-state index contributed by atoms with van der Waals surface area (Å²) in [6.07, 6.45) is 10.0. The predicted octanol–water partition coefficient (Wildman–Crippen LogP) is -2.00. The summed E-state index contributed by atoms with van der Waals surface area (Å²) >= 11 is 0. The Kier molecular flexibility index (Phi) is 16.1. The fourth-order valence-corrected chi connectivity index (χ4v) is 1.45. The van der Waals surface area contributed by atoms with Gasteiger partial charge in [0, 0.05) is 0 Å². The number of rotatable bonds is 0. The van der Waals surface area contributed by atoms with E-state index >= 15 is 0 Å². The molecule has 0 bridgehead atoms. The molecule has 1 aromatic rings. The third-order valence-electron chi connectivity index (χ3n) is 2.30. The standard InChI is InChI=1S/C10H14O.C5H5.2HI.Ti/c1-10(2,3)8-6-4-5-7-9(8)11;1-2-4-5-3-1;;;/h4-7,11H,1-3H3;1-3H,4H2;2*1H;/q;-1;;;+3/p-2. The third kappa shape index (κ3) is 10.1. The van der Waals surface area contributed by atoms with Crippen LogP contribution < -0.4 is 48.0 Å². The van der Waals surface area contributed by atoms with E-state index in [9.17, 15) is 5.11 Å². The van der Waals surface area contributed by atoms with Crippen molar-refractivity contribution in [1.29, 1.82) is 0 Å². The first-order valence-electron chi connectivity index (χ1n) is 5.52. The number of hydrogen-bond acceptors (Lipinski definition) is 1. The molecule has 0 unspecified atom stereocenters. The van der Waals surface area contributed by atoms with E-state index in [1.54, 1.807) is 6.07 Å². The zero-order chi connectivity index (χ0) is 12.0. The second kappa shape index (κ2) is 12.4. The maximum Gasteiger partial charge on any atom is 3.00 e. The molecule has 4 heteroatoms. The van der Waals surface area contributed by atoms with Crippen molar-refractivity contribution in [3.63, 3.8) is 0 Å². The van der Waals surface area contributed by atoms with Crippen molar-refractivity contribution in [1.82, 2.24) is 0 Å². The van der Waals surface area contributed by atoms with Crippen LogP contribution >= 0.6 is 0 Å². The molecule has 0 aromatic heterocycles. The normalized spacial score (nSPS) is 11.3. The molecule has 1 aliphatic rings.